The zero-order valence-electron chi connectivity index (χ0n) is 13.8. The normalized spacial score (nSPS) is 10.3. The molecule has 1 amide bonds. The fraction of sp³-hybridized carbons (Fsp3) is 0.111. The topological polar surface area (TPSA) is 94.4 Å². The molecule has 2 aromatic carbocycles. The van der Waals surface area contributed by atoms with Crippen molar-refractivity contribution in [3.8, 4) is 11.3 Å². The molecule has 0 radical (unpaired) electrons. The van der Waals surface area contributed by atoms with E-state index < -0.39 is 11.0 Å². The maximum absolute atomic E-state index is 11.9. The molecule has 0 atom stereocenters. The number of nitrogens with zero attached hydrogens (tertiary/aromatic N) is 2. The molecule has 0 spiro atoms. The third kappa shape index (κ3) is 4.22. The summed E-state index contributed by atoms with van der Waals surface area (Å²) < 4.78 is 5.16. The quantitative estimate of drug-likeness (QED) is 0.516. The number of rotatable bonds is 5. The van der Waals surface area contributed by atoms with Crippen LogP contribution in [0.15, 0.2) is 54.6 Å². The van der Waals surface area contributed by atoms with Gasteiger partial charge in [-0.3, -0.25) is 15.4 Å². The Morgan fingerprint density at radius 2 is 2.00 bits per heavy atom. The second kappa shape index (κ2) is 7.75. The summed E-state index contributed by atoms with van der Waals surface area (Å²) in [7, 11) is 0. The summed E-state index contributed by atoms with van der Waals surface area (Å²) in [6.07, 6.45) is -0.604. The Morgan fingerprint density at radius 1 is 1.23 bits per heavy atom. The zero-order valence-corrected chi connectivity index (χ0v) is 14.7. The average Bonchev–Trinajstić information content (AvgIpc) is 3.01. The number of thiazole rings is 1. The molecule has 0 aliphatic heterocycles. The standard InChI is InChI=1S/C18H15N3O4S/c1-12-16(14-8-5-9-15(10-14)21(23)24)19-17(26-12)20-18(22)25-11-13-6-3-2-4-7-13/h2-10H,11H2,1H3,(H,19,20,22). The lowest BCUT2D eigenvalue weighted by Gasteiger charge is -2.04. The Morgan fingerprint density at radius 3 is 2.73 bits per heavy atom. The van der Waals surface area contributed by atoms with Gasteiger partial charge in [-0.2, -0.15) is 0 Å². The van der Waals surface area contributed by atoms with Crippen molar-refractivity contribution in [3.05, 3.63) is 75.2 Å². The van der Waals surface area contributed by atoms with Crippen molar-refractivity contribution in [2.24, 2.45) is 0 Å². The van der Waals surface area contributed by atoms with Gasteiger partial charge in [-0.1, -0.05) is 42.5 Å². The number of aromatic nitrogens is 1. The monoisotopic (exact) mass is 369 g/mol. The van der Waals surface area contributed by atoms with Crippen LogP contribution in [0.5, 0.6) is 0 Å². The molecule has 3 aromatic rings. The first-order chi connectivity index (χ1) is 12.5. The number of non-ortho nitro benzene ring substituents is 1. The summed E-state index contributed by atoms with van der Waals surface area (Å²) in [5.74, 6) is 0. The summed E-state index contributed by atoms with van der Waals surface area (Å²) in [6, 6.07) is 15.6. The first-order valence-corrected chi connectivity index (χ1v) is 8.54. The molecule has 1 aromatic heterocycles. The van der Waals surface area contributed by atoms with Gasteiger partial charge in [0.25, 0.3) is 5.69 Å². The van der Waals surface area contributed by atoms with Crippen LogP contribution in [0, 0.1) is 17.0 Å². The molecule has 26 heavy (non-hydrogen) atoms. The van der Waals surface area contributed by atoms with Crippen molar-refractivity contribution >= 4 is 28.2 Å². The highest BCUT2D eigenvalue weighted by atomic mass is 32.1. The number of nitrogens with one attached hydrogen (secondary N) is 1. The molecule has 1 heterocycles. The van der Waals surface area contributed by atoms with E-state index in [1.807, 2.05) is 37.3 Å². The third-order valence-corrected chi connectivity index (χ3v) is 4.43. The molecule has 3 rings (SSSR count). The fourth-order valence-electron chi connectivity index (χ4n) is 2.33. The first kappa shape index (κ1) is 17.6. The van der Waals surface area contributed by atoms with Crippen LogP contribution in [0.25, 0.3) is 11.3 Å². The molecule has 0 unspecified atom stereocenters. The summed E-state index contributed by atoms with van der Waals surface area (Å²) in [5.41, 5.74) is 2.10. The van der Waals surface area contributed by atoms with Gasteiger partial charge in [0, 0.05) is 22.6 Å². The number of anilines is 1. The van der Waals surface area contributed by atoms with Gasteiger partial charge < -0.3 is 4.74 Å². The molecule has 0 aliphatic rings. The number of aryl methyl sites for hydroxylation is 1. The lowest BCUT2D eigenvalue weighted by atomic mass is 10.1. The molecule has 0 saturated heterocycles. The van der Waals surface area contributed by atoms with Gasteiger partial charge in [0.2, 0.25) is 0 Å². The number of carbonyl (C=O) groups excluding carboxylic acids is 1. The van der Waals surface area contributed by atoms with Gasteiger partial charge in [0.1, 0.15) is 6.61 Å². The Labute approximate surface area is 153 Å². The Kier molecular flexibility index (Phi) is 5.23. The van der Waals surface area contributed by atoms with Crippen LogP contribution in [-0.4, -0.2) is 16.0 Å². The van der Waals surface area contributed by atoms with Crippen LogP contribution in [-0.2, 0) is 11.3 Å². The summed E-state index contributed by atoms with van der Waals surface area (Å²) in [4.78, 5) is 27.6. The largest absolute Gasteiger partial charge is 0.444 e. The van der Waals surface area contributed by atoms with Crippen molar-refractivity contribution in [1.29, 1.82) is 0 Å². The number of ether oxygens (including phenoxy) is 1. The number of nitro groups is 1. The Bertz CT molecular complexity index is 941. The number of benzene rings is 2. The Balaban J connectivity index is 1.69. The number of nitro benzene ring substituents is 1. The molecule has 1 N–H and O–H groups in total. The first-order valence-electron chi connectivity index (χ1n) is 7.73. The lowest BCUT2D eigenvalue weighted by Crippen LogP contribution is -2.13. The molecule has 132 valence electrons. The van der Waals surface area contributed by atoms with Crippen LogP contribution >= 0.6 is 11.3 Å². The smallest absolute Gasteiger partial charge is 0.413 e. The minimum absolute atomic E-state index is 0.00770. The number of carbonyl (C=O) groups is 1. The van der Waals surface area contributed by atoms with Gasteiger partial charge >= 0.3 is 6.09 Å². The van der Waals surface area contributed by atoms with E-state index in [1.54, 1.807) is 12.1 Å². The van der Waals surface area contributed by atoms with E-state index in [9.17, 15) is 14.9 Å². The summed E-state index contributed by atoms with van der Waals surface area (Å²) >= 11 is 1.28. The van der Waals surface area contributed by atoms with Crippen LogP contribution in [0.3, 0.4) is 0 Å². The highest BCUT2D eigenvalue weighted by molar-refractivity contribution is 7.16. The van der Waals surface area contributed by atoms with Gasteiger partial charge in [0.15, 0.2) is 5.13 Å². The van der Waals surface area contributed by atoms with Gasteiger partial charge in [-0.25, -0.2) is 9.78 Å². The molecule has 0 saturated carbocycles. The second-order valence-corrected chi connectivity index (χ2v) is 6.62. The lowest BCUT2D eigenvalue weighted by molar-refractivity contribution is -0.384. The van der Waals surface area contributed by atoms with Gasteiger partial charge in [0.05, 0.1) is 10.6 Å². The number of hydrogen-bond acceptors (Lipinski definition) is 6. The number of hydrogen-bond donors (Lipinski definition) is 1. The molecule has 0 bridgehead atoms. The fourth-order valence-corrected chi connectivity index (χ4v) is 3.15. The summed E-state index contributed by atoms with van der Waals surface area (Å²) in [6.45, 7) is 2.00. The Hall–Kier alpha value is -3.26. The van der Waals surface area contributed by atoms with E-state index in [1.165, 1.54) is 23.5 Å². The third-order valence-electron chi connectivity index (χ3n) is 3.55. The van der Waals surface area contributed by atoms with Crippen molar-refractivity contribution in [1.82, 2.24) is 4.98 Å². The SMILES string of the molecule is Cc1sc(NC(=O)OCc2ccccc2)nc1-c1cccc([N+](=O)[O-])c1. The highest BCUT2D eigenvalue weighted by Crippen LogP contribution is 2.32. The second-order valence-electron chi connectivity index (χ2n) is 5.42. The van der Waals surface area contributed by atoms with Crippen LogP contribution in [0.1, 0.15) is 10.4 Å². The van der Waals surface area contributed by atoms with Crippen LogP contribution in [0.2, 0.25) is 0 Å². The van der Waals surface area contributed by atoms with E-state index in [0.29, 0.717) is 16.4 Å². The van der Waals surface area contributed by atoms with E-state index in [0.717, 1.165) is 10.4 Å². The predicted molar refractivity (Wildman–Crippen MR) is 99.2 cm³/mol. The zero-order chi connectivity index (χ0) is 18.5. The van der Waals surface area contributed by atoms with Crippen LogP contribution in [0.4, 0.5) is 15.6 Å². The van der Waals surface area contributed by atoms with Crippen molar-refractivity contribution < 1.29 is 14.5 Å². The molecular weight excluding hydrogens is 354 g/mol. The predicted octanol–water partition coefficient (Wildman–Crippen LogP) is 4.78. The minimum Gasteiger partial charge on any atom is -0.444 e. The van der Waals surface area contributed by atoms with Crippen molar-refractivity contribution in [3.63, 3.8) is 0 Å². The molecular formula is C18H15N3O4S. The van der Waals surface area contributed by atoms with E-state index >= 15 is 0 Å². The van der Waals surface area contributed by atoms with Gasteiger partial charge in [-0.05, 0) is 12.5 Å². The maximum atomic E-state index is 11.9. The highest BCUT2D eigenvalue weighted by Gasteiger charge is 2.15. The molecule has 0 aliphatic carbocycles. The molecule has 8 heteroatoms. The number of amides is 1. The van der Waals surface area contributed by atoms with Crippen LogP contribution < -0.4 is 5.32 Å². The average molecular weight is 369 g/mol. The van der Waals surface area contributed by atoms with Crippen molar-refractivity contribution in [2.75, 3.05) is 5.32 Å². The molecule has 7 nitrogen and oxygen atoms in total. The van der Waals surface area contributed by atoms with Crippen molar-refractivity contribution in [2.45, 2.75) is 13.5 Å². The molecule has 0 fully saturated rings. The minimum atomic E-state index is -0.604. The van der Waals surface area contributed by atoms with Gasteiger partial charge in [-0.15, -0.1) is 11.3 Å². The summed E-state index contributed by atoms with van der Waals surface area (Å²) in [5, 5.41) is 13.9. The van der Waals surface area contributed by atoms with E-state index in [4.69, 9.17) is 4.74 Å². The van der Waals surface area contributed by atoms with E-state index in [-0.39, 0.29) is 12.3 Å². The van der Waals surface area contributed by atoms with E-state index in [2.05, 4.69) is 10.3 Å². The maximum Gasteiger partial charge on any atom is 0.413 e.